The molecule has 0 N–H and O–H groups in total. The molecule has 0 aliphatic carbocycles. The fourth-order valence-electron chi connectivity index (χ4n) is 1.70. The van der Waals surface area contributed by atoms with Crippen molar-refractivity contribution in [3.8, 4) is 5.75 Å². The topological polar surface area (TPSA) is 26.3 Å². The first-order valence-electron chi connectivity index (χ1n) is 6.31. The van der Waals surface area contributed by atoms with E-state index in [0.717, 1.165) is 17.5 Å². The Morgan fingerprint density at radius 1 is 1.35 bits per heavy atom. The number of carbonyl (C=O) groups excluding carboxylic acids is 1. The van der Waals surface area contributed by atoms with Crippen molar-refractivity contribution in [3.63, 3.8) is 0 Å². The van der Waals surface area contributed by atoms with Crippen molar-refractivity contribution >= 4 is 5.78 Å². The van der Waals surface area contributed by atoms with E-state index < -0.39 is 0 Å². The second-order valence-corrected chi connectivity index (χ2v) is 4.79. The van der Waals surface area contributed by atoms with Gasteiger partial charge in [-0.05, 0) is 38.3 Å². The van der Waals surface area contributed by atoms with Crippen molar-refractivity contribution in [1.29, 1.82) is 0 Å². The van der Waals surface area contributed by atoms with Gasteiger partial charge in [-0.1, -0.05) is 25.5 Å². The predicted molar refractivity (Wildman–Crippen MR) is 70.8 cm³/mol. The van der Waals surface area contributed by atoms with Gasteiger partial charge in [0.15, 0.2) is 5.78 Å². The minimum atomic E-state index is 0.186. The standard InChI is InChI=1S/C15H22O2/c1-5-17-15-9-7-12(4)10-13(15)14(16)8-6-11(2)3/h7,9-11H,5-6,8H2,1-4H3. The SMILES string of the molecule is CCOc1ccc(C)cc1C(=O)CCC(C)C. The van der Waals surface area contributed by atoms with Gasteiger partial charge in [0.2, 0.25) is 0 Å². The van der Waals surface area contributed by atoms with Gasteiger partial charge in [0.05, 0.1) is 12.2 Å². The monoisotopic (exact) mass is 234 g/mol. The van der Waals surface area contributed by atoms with Gasteiger partial charge in [-0.3, -0.25) is 4.79 Å². The molecule has 0 spiro atoms. The number of aryl methyl sites for hydroxylation is 1. The zero-order chi connectivity index (χ0) is 12.8. The number of hydrogen-bond acceptors (Lipinski definition) is 2. The van der Waals surface area contributed by atoms with Crippen molar-refractivity contribution < 1.29 is 9.53 Å². The largest absolute Gasteiger partial charge is 0.493 e. The van der Waals surface area contributed by atoms with Crippen molar-refractivity contribution in [1.82, 2.24) is 0 Å². The highest BCUT2D eigenvalue weighted by molar-refractivity contribution is 5.98. The Bertz CT molecular complexity index is 381. The van der Waals surface area contributed by atoms with E-state index in [4.69, 9.17) is 4.74 Å². The van der Waals surface area contributed by atoms with Crippen LogP contribution in [-0.4, -0.2) is 12.4 Å². The van der Waals surface area contributed by atoms with E-state index in [-0.39, 0.29) is 5.78 Å². The van der Waals surface area contributed by atoms with Gasteiger partial charge in [-0.25, -0.2) is 0 Å². The van der Waals surface area contributed by atoms with Crippen molar-refractivity contribution in [2.45, 2.75) is 40.5 Å². The molecule has 1 aromatic rings. The van der Waals surface area contributed by atoms with Gasteiger partial charge in [0.1, 0.15) is 5.75 Å². The summed E-state index contributed by atoms with van der Waals surface area (Å²) in [4.78, 5) is 12.1. The lowest BCUT2D eigenvalue weighted by Gasteiger charge is -2.11. The molecule has 0 aromatic heterocycles. The summed E-state index contributed by atoms with van der Waals surface area (Å²) < 4.78 is 5.50. The molecule has 0 saturated carbocycles. The molecule has 0 heterocycles. The summed E-state index contributed by atoms with van der Waals surface area (Å²) in [5.41, 5.74) is 1.83. The lowest BCUT2D eigenvalue weighted by atomic mass is 9.99. The van der Waals surface area contributed by atoms with Crippen LogP contribution in [0.5, 0.6) is 5.75 Å². The Morgan fingerprint density at radius 3 is 2.65 bits per heavy atom. The number of rotatable bonds is 6. The second-order valence-electron chi connectivity index (χ2n) is 4.79. The Balaban J connectivity index is 2.86. The minimum absolute atomic E-state index is 0.186. The van der Waals surface area contributed by atoms with E-state index in [1.807, 2.05) is 32.0 Å². The van der Waals surface area contributed by atoms with Crippen LogP contribution in [0.4, 0.5) is 0 Å². The molecule has 1 rings (SSSR count). The smallest absolute Gasteiger partial charge is 0.166 e. The van der Waals surface area contributed by atoms with Crippen molar-refractivity contribution in [2.75, 3.05) is 6.61 Å². The number of ketones is 1. The lowest BCUT2D eigenvalue weighted by molar-refractivity contribution is 0.0971. The highest BCUT2D eigenvalue weighted by Crippen LogP contribution is 2.22. The van der Waals surface area contributed by atoms with Gasteiger partial charge in [-0.2, -0.15) is 0 Å². The van der Waals surface area contributed by atoms with Crippen LogP contribution >= 0.6 is 0 Å². The fraction of sp³-hybridized carbons (Fsp3) is 0.533. The first kappa shape index (κ1) is 13.8. The zero-order valence-electron chi connectivity index (χ0n) is 11.2. The highest BCUT2D eigenvalue weighted by atomic mass is 16.5. The molecule has 1 aromatic carbocycles. The first-order valence-corrected chi connectivity index (χ1v) is 6.31. The van der Waals surface area contributed by atoms with Crippen LogP contribution in [0, 0.1) is 12.8 Å². The lowest BCUT2D eigenvalue weighted by Crippen LogP contribution is -2.05. The summed E-state index contributed by atoms with van der Waals surface area (Å²) in [5, 5.41) is 0. The molecule has 0 amide bonds. The van der Waals surface area contributed by atoms with Gasteiger partial charge in [0.25, 0.3) is 0 Å². The van der Waals surface area contributed by atoms with Crippen LogP contribution in [0.1, 0.15) is 49.5 Å². The summed E-state index contributed by atoms with van der Waals surface area (Å²) >= 11 is 0. The maximum atomic E-state index is 12.1. The summed E-state index contributed by atoms with van der Waals surface area (Å²) in [6.45, 7) is 8.78. The quantitative estimate of drug-likeness (QED) is 0.695. The Kier molecular flexibility index (Phi) is 5.20. The number of hydrogen-bond donors (Lipinski definition) is 0. The third-order valence-electron chi connectivity index (χ3n) is 2.68. The molecule has 0 fully saturated rings. The summed E-state index contributed by atoms with van der Waals surface area (Å²) in [5.74, 6) is 1.46. The zero-order valence-corrected chi connectivity index (χ0v) is 11.2. The molecule has 0 saturated heterocycles. The summed E-state index contributed by atoms with van der Waals surface area (Å²) in [6, 6.07) is 5.79. The molecule has 0 atom stereocenters. The average molecular weight is 234 g/mol. The molecule has 0 aliphatic heterocycles. The molecular weight excluding hydrogens is 212 g/mol. The normalized spacial score (nSPS) is 10.6. The van der Waals surface area contributed by atoms with Crippen molar-refractivity contribution in [3.05, 3.63) is 29.3 Å². The molecule has 2 heteroatoms. The van der Waals surface area contributed by atoms with Gasteiger partial charge < -0.3 is 4.74 Å². The Morgan fingerprint density at radius 2 is 2.06 bits per heavy atom. The molecule has 17 heavy (non-hydrogen) atoms. The average Bonchev–Trinajstić information content (AvgIpc) is 2.28. The predicted octanol–water partition coefficient (Wildman–Crippen LogP) is 4.01. The van der Waals surface area contributed by atoms with Gasteiger partial charge >= 0.3 is 0 Å². The van der Waals surface area contributed by atoms with E-state index in [0.29, 0.717) is 24.7 Å². The van der Waals surface area contributed by atoms with Crippen LogP contribution in [0.15, 0.2) is 18.2 Å². The van der Waals surface area contributed by atoms with E-state index in [9.17, 15) is 4.79 Å². The van der Waals surface area contributed by atoms with Gasteiger partial charge in [0, 0.05) is 6.42 Å². The van der Waals surface area contributed by atoms with Crippen LogP contribution in [-0.2, 0) is 0 Å². The highest BCUT2D eigenvalue weighted by Gasteiger charge is 2.13. The van der Waals surface area contributed by atoms with E-state index in [2.05, 4.69) is 13.8 Å². The number of benzene rings is 1. The van der Waals surface area contributed by atoms with E-state index in [1.165, 1.54) is 0 Å². The van der Waals surface area contributed by atoms with Crippen LogP contribution < -0.4 is 4.74 Å². The molecule has 0 radical (unpaired) electrons. The molecule has 0 aliphatic rings. The van der Waals surface area contributed by atoms with Gasteiger partial charge in [-0.15, -0.1) is 0 Å². The Labute approximate surface area is 104 Å². The maximum absolute atomic E-state index is 12.1. The Hall–Kier alpha value is -1.31. The van der Waals surface area contributed by atoms with Crippen LogP contribution in [0.3, 0.4) is 0 Å². The van der Waals surface area contributed by atoms with E-state index >= 15 is 0 Å². The molecule has 0 unspecified atom stereocenters. The number of carbonyl (C=O) groups is 1. The van der Waals surface area contributed by atoms with Crippen LogP contribution in [0.2, 0.25) is 0 Å². The summed E-state index contributed by atoms with van der Waals surface area (Å²) in [7, 11) is 0. The fourth-order valence-corrected chi connectivity index (χ4v) is 1.70. The second kappa shape index (κ2) is 6.43. The van der Waals surface area contributed by atoms with Crippen LogP contribution in [0.25, 0.3) is 0 Å². The number of Topliss-reactive ketones (excluding diaryl/α,β-unsaturated/α-hetero) is 1. The third kappa shape index (κ3) is 4.22. The molecular formula is C15H22O2. The molecule has 94 valence electrons. The number of ether oxygens (including phenoxy) is 1. The summed E-state index contributed by atoms with van der Waals surface area (Å²) in [6.07, 6.45) is 1.53. The van der Waals surface area contributed by atoms with E-state index in [1.54, 1.807) is 0 Å². The molecule has 0 bridgehead atoms. The van der Waals surface area contributed by atoms with Crippen molar-refractivity contribution in [2.24, 2.45) is 5.92 Å². The molecule has 2 nitrogen and oxygen atoms in total. The minimum Gasteiger partial charge on any atom is -0.493 e. The first-order chi connectivity index (χ1) is 8.04. The maximum Gasteiger partial charge on any atom is 0.166 e. The third-order valence-corrected chi connectivity index (χ3v) is 2.68.